The number of ether oxygens (including phenoxy) is 1. The van der Waals surface area contributed by atoms with E-state index in [0.717, 1.165) is 19.3 Å². The number of aromatic amines is 1. The first kappa shape index (κ1) is 13.8. The highest BCUT2D eigenvalue weighted by molar-refractivity contribution is 5.74. The van der Waals surface area contributed by atoms with E-state index in [0.29, 0.717) is 12.4 Å². The van der Waals surface area contributed by atoms with Gasteiger partial charge in [0.1, 0.15) is 12.2 Å². The summed E-state index contributed by atoms with van der Waals surface area (Å²) < 4.78 is 5.43. The summed E-state index contributed by atoms with van der Waals surface area (Å²) in [5.74, 6) is 0.671. The highest BCUT2D eigenvalue weighted by atomic mass is 16.5. The second-order valence-corrected chi connectivity index (χ2v) is 4.90. The van der Waals surface area contributed by atoms with Gasteiger partial charge < -0.3 is 15.0 Å². The predicted octanol–water partition coefficient (Wildman–Crippen LogP) is 0.904. The Balaban J connectivity index is 1.85. The van der Waals surface area contributed by atoms with Crippen LogP contribution in [0, 0.1) is 0 Å². The molecule has 7 heteroatoms. The van der Waals surface area contributed by atoms with Crippen LogP contribution in [0.1, 0.15) is 31.5 Å². The monoisotopic (exact) mass is 267 g/mol. The van der Waals surface area contributed by atoms with E-state index in [1.165, 1.54) is 12.7 Å². The zero-order valence-electron chi connectivity index (χ0n) is 11.4. The Hall–Kier alpha value is -1.63. The Labute approximate surface area is 112 Å². The highest BCUT2D eigenvalue weighted by Gasteiger charge is 2.27. The van der Waals surface area contributed by atoms with Crippen molar-refractivity contribution >= 4 is 6.03 Å². The third-order valence-electron chi connectivity index (χ3n) is 3.51. The fourth-order valence-electron chi connectivity index (χ4n) is 2.42. The molecule has 1 fully saturated rings. The second-order valence-electron chi connectivity index (χ2n) is 4.90. The smallest absolute Gasteiger partial charge is 0.317 e. The molecule has 2 atom stereocenters. The molecule has 2 N–H and O–H groups in total. The lowest BCUT2D eigenvalue weighted by molar-refractivity contribution is 0.0434. The molecule has 19 heavy (non-hydrogen) atoms. The minimum Gasteiger partial charge on any atom is -0.379 e. The molecule has 0 aliphatic heterocycles. The number of amides is 2. The number of hydrogen-bond acceptors (Lipinski definition) is 4. The Bertz CT molecular complexity index is 395. The molecule has 0 bridgehead atoms. The van der Waals surface area contributed by atoms with Crippen molar-refractivity contribution in [1.82, 2.24) is 25.4 Å². The molecule has 1 aromatic rings. The van der Waals surface area contributed by atoms with Crippen LogP contribution in [0.25, 0.3) is 0 Å². The maximum absolute atomic E-state index is 12.1. The normalized spacial score (nSPS) is 23.1. The summed E-state index contributed by atoms with van der Waals surface area (Å²) in [7, 11) is 3.44. The van der Waals surface area contributed by atoms with Crippen molar-refractivity contribution in [3.05, 3.63) is 12.2 Å². The standard InChI is InChI=1S/C12H21N5O2/c1-17(7-11-13-8-14-16-11)12(18)15-9-5-3-4-6-10(9)19-2/h8-10H,3-7H2,1-2H3,(H,15,18)(H,13,14,16). The summed E-state index contributed by atoms with van der Waals surface area (Å²) in [6.45, 7) is 0.413. The van der Waals surface area contributed by atoms with Crippen LogP contribution in [0.2, 0.25) is 0 Å². The number of nitrogens with one attached hydrogen (secondary N) is 2. The van der Waals surface area contributed by atoms with Crippen LogP contribution < -0.4 is 5.32 Å². The van der Waals surface area contributed by atoms with E-state index in [-0.39, 0.29) is 18.2 Å². The molecule has 1 saturated carbocycles. The zero-order valence-corrected chi connectivity index (χ0v) is 11.4. The first-order chi connectivity index (χ1) is 9.20. The van der Waals surface area contributed by atoms with Gasteiger partial charge in [-0.1, -0.05) is 12.8 Å². The summed E-state index contributed by atoms with van der Waals surface area (Å²) in [5, 5.41) is 9.53. The third-order valence-corrected chi connectivity index (χ3v) is 3.51. The average molecular weight is 267 g/mol. The van der Waals surface area contributed by atoms with Gasteiger partial charge in [0.25, 0.3) is 0 Å². The lowest BCUT2D eigenvalue weighted by Crippen LogP contribution is -2.49. The number of carbonyl (C=O) groups excluding carboxylic acids is 1. The summed E-state index contributed by atoms with van der Waals surface area (Å²) in [5.41, 5.74) is 0. The van der Waals surface area contributed by atoms with Crippen molar-refractivity contribution in [3.63, 3.8) is 0 Å². The van der Waals surface area contributed by atoms with Crippen LogP contribution in [-0.2, 0) is 11.3 Å². The van der Waals surface area contributed by atoms with Crippen molar-refractivity contribution in [1.29, 1.82) is 0 Å². The van der Waals surface area contributed by atoms with Crippen LogP contribution in [0.5, 0.6) is 0 Å². The number of carbonyl (C=O) groups is 1. The molecular weight excluding hydrogens is 246 g/mol. The summed E-state index contributed by atoms with van der Waals surface area (Å²) in [6.07, 6.45) is 5.84. The van der Waals surface area contributed by atoms with Crippen LogP contribution in [0.15, 0.2) is 6.33 Å². The minimum absolute atomic E-state index is 0.100. The largest absolute Gasteiger partial charge is 0.379 e. The van der Waals surface area contributed by atoms with Gasteiger partial charge in [0.05, 0.1) is 18.7 Å². The molecule has 0 radical (unpaired) electrons. The number of hydrogen-bond donors (Lipinski definition) is 2. The second kappa shape index (κ2) is 6.51. The van der Waals surface area contributed by atoms with Gasteiger partial charge in [0.15, 0.2) is 0 Å². The van der Waals surface area contributed by atoms with Crippen LogP contribution >= 0.6 is 0 Å². The summed E-state index contributed by atoms with van der Waals surface area (Å²) >= 11 is 0. The molecular formula is C12H21N5O2. The average Bonchev–Trinajstić information content (AvgIpc) is 2.92. The fourth-order valence-corrected chi connectivity index (χ4v) is 2.42. The van der Waals surface area contributed by atoms with Gasteiger partial charge in [-0.15, -0.1) is 0 Å². The number of urea groups is 1. The van der Waals surface area contributed by atoms with E-state index in [1.54, 1.807) is 19.1 Å². The molecule has 2 unspecified atom stereocenters. The maximum Gasteiger partial charge on any atom is 0.317 e. The van der Waals surface area contributed by atoms with E-state index in [9.17, 15) is 4.79 Å². The summed E-state index contributed by atoms with van der Waals surface area (Å²) in [6, 6.07) is -0.00576. The minimum atomic E-state index is -0.106. The van der Waals surface area contributed by atoms with Crippen LogP contribution in [0.4, 0.5) is 4.79 Å². The predicted molar refractivity (Wildman–Crippen MR) is 69.4 cm³/mol. The fraction of sp³-hybridized carbons (Fsp3) is 0.750. The lowest BCUT2D eigenvalue weighted by Gasteiger charge is -2.32. The molecule has 1 heterocycles. The van der Waals surface area contributed by atoms with Gasteiger partial charge in [0, 0.05) is 14.2 Å². The van der Waals surface area contributed by atoms with Crippen molar-refractivity contribution in [2.45, 2.75) is 44.4 Å². The van der Waals surface area contributed by atoms with Gasteiger partial charge >= 0.3 is 6.03 Å². The van der Waals surface area contributed by atoms with Crippen LogP contribution in [0.3, 0.4) is 0 Å². The quantitative estimate of drug-likeness (QED) is 0.849. The first-order valence-corrected chi connectivity index (χ1v) is 6.59. The van der Waals surface area contributed by atoms with E-state index in [4.69, 9.17) is 4.74 Å². The van der Waals surface area contributed by atoms with Crippen molar-refractivity contribution in [3.8, 4) is 0 Å². The van der Waals surface area contributed by atoms with E-state index < -0.39 is 0 Å². The van der Waals surface area contributed by atoms with Gasteiger partial charge in [0.2, 0.25) is 0 Å². The SMILES string of the molecule is COC1CCCCC1NC(=O)N(C)Cc1ncn[nH]1. The lowest BCUT2D eigenvalue weighted by atomic mass is 9.92. The Morgan fingerprint density at radius 3 is 3.05 bits per heavy atom. The van der Waals surface area contributed by atoms with Crippen molar-refractivity contribution in [2.75, 3.05) is 14.2 Å². The molecule has 1 aliphatic carbocycles. The Morgan fingerprint density at radius 1 is 1.58 bits per heavy atom. The number of rotatable bonds is 4. The molecule has 106 valence electrons. The number of methoxy groups -OCH3 is 1. The van der Waals surface area contributed by atoms with E-state index in [1.807, 2.05) is 0 Å². The van der Waals surface area contributed by atoms with Crippen LogP contribution in [-0.4, -0.2) is 52.4 Å². The molecule has 1 aromatic heterocycles. The van der Waals surface area contributed by atoms with E-state index in [2.05, 4.69) is 20.5 Å². The highest BCUT2D eigenvalue weighted by Crippen LogP contribution is 2.20. The van der Waals surface area contributed by atoms with Gasteiger partial charge in [-0.05, 0) is 12.8 Å². The molecule has 7 nitrogen and oxygen atoms in total. The molecule has 0 aromatic carbocycles. The molecule has 1 aliphatic rings. The summed E-state index contributed by atoms with van der Waals surface area (Å²) in [4.78, 5) is 17.7. The zero-order chi connectivity index (χ0) is 13.7. The van der Waals surface area contributed by atoms with E-state index >= 15 is 0 Å². The third kappa shape index (κ3) is 3.66. The van der Waals surface area contributed by atoms with Gasteiger partial charge in [-0.2, -0.15) is 5.10 Å². The van der Waals surface area contributed by atoms with Gasteiger partial charge in [-0.25, -0.2) is 9.78 Å². The molecule has 0 spiro atoms. The first-order valence-electron chi connectivity index (χ1n) is 6.59. The maximum atomic E-state index is 12.1. The Morgan fingerprint density at radius 2 is 2.37 bits per heavy atom. The van der Waals surface area contributed by atoms with Crippen molar-refractivity contribution < 1.29 is 9.53 Å². The van der Waals surface area contributed by atoms with Gasteiger partial charge in [-0.3, -0.25) is 5.10 Å². The number of aromatic nitrogens is 3. The number of nitrogens with zero attached hydrogens (tertiary/aromatic N) is 3. The molecule has 2 rings (SSSR count). The molecule has 0 saturated heterocycles. The Kier molecular flexibility index (Phi) is 4.73. The molecule has 2 amide bonds. The van der Waals surface area contributed by atoms with Crippen molar-refractivity contribution in [2.24, 2.45) is 0 Å². The topological polar surface area (TPSA) is 83.1 Å². The number of H-pyrrole nitrogens is 1.